The third-order valence-electron chi connectivity index (χ3n) is 4.59. The molecule has 0 radical (unpaired) electrons. The van der Waals surface area contributed by atoms with Crippen molar-refractivity contribution in [1.29, 1.82) is 0 Å². The molecule has 1 amide bonds. The van der Waals surface area contributed by atoms with Gasteiger partial charge in [-0.25, -0.2) is 4.39 Å². The summed E-state index contributed by atoms with van der Waals surface area (Å²) >= 11 is 0. The number of halogens is 1. The fourth-order valence-electron chi connectivity index (χ4n) is 3.02. The number of benzene rings is 2. The number of carbonyl (C=O) groups is 1. The number of amides is 1. The molecule has 0 fully saturated rings. The highest BCUT2D eigenvalue weighted by Crippen LogP contribution is 2.23. The molecule has 1 aromatic heterocycles. The van der Waals surface area contributed by atoms with Gasteiger partial charge in [0.25, 0.3) is 0 Å². The Labute approximate surface area is 164 Å². The zero-order valence-electron chi connectivity index (χ0n) is 16.4. The van der Waals surface area contributed by atoms with E-state index in [9.17, 15) is 9.18 Å². The van der Waals surface area contributed by atoms with Crippen molar-refractivity contribution in [2.45, 2.75) is 19.4 Å². The number of nitrogens with one attached hydrogen (secondary N) is 1. The second-order valence-electron chi connectivity index (χ2n) is 7.02. The first kappa shape index (κ1) is 19.6. The number of rotatable bonds is 7. The van der Waals surface area contributed by atoms with E-state index in [4.69, 9.17) is 0 Å². The van der Waals surface area contributed by atoms with Crippen LogP contribution in [0.25, 0.3) is 11.3 Å². The third-order valence-corrected chi connectivity index (χ3v) is 4.59. The Morgan fingerprint density at radius 1 is 1.11 bits per heavy atom. The van der Waals surface area contributed by atoms with Crippen LogP contribution >= 0.6 is 0 Å². The second kappa shape index (κ2) is 8.69. The minimum absolute atomic E-state index is 0.00871. The van der Waals surface area contributed by atoms with E-state index in [1.54, 1.807) is 16.8 Å². The van der Waals surface area contributed by atoms with Crippen LogP contribution in [0.15, 0.2) is 54.7 Å². The molecular weight excluding hydrogens is 355 g/mol. The summed E-state index contributed by atoms with van der Waals surface area (Å²) in [6, 6.07) is 14.4. The quantitative estimate of drug-likeness (QED) is 0.682. The number of anilines is 1. The van der Waals surface area contributed by atoms with Crippen molar-refractivity contribution in [2.24, 2.45) is 7.05 Å². The summed E-state index contributed by atoms with van der Waals surface area (Å²) in [5.74, 6) is -0.287. The summed E-state index contributed by atoms with van der Waals surface area (Å²) in [5.41, 5.74) is 4.79. The van der Waals surface area contributed by atoms with E-state index in [0.717, 1.165) is 28.1 Å². The van der Waals surface area contributed by atoms with E-state index in [0.29, 0.717) is 19.4 Å². The third kappa shape index (κ3) is 4.97. The van der Waals surface area contributed by atoms with Gasteiger partial charge >= 0.3 is 0 Å². The molecule has 0 atom stereocenters. The lowest BCUT2D eigenvalue weighted by Gasteiger charge is -2.13. The SMILES string of the molecule is CN(C)c1ccc(CNC(=O)CCc2cn(C)nc2-c2ccc(F)cc2)cc1. The molecule has 1 heterocycles. The van der Waals surface area contributed by atoms with Gasteiger partial charge in [0.1, 0.15) is 5.82 Å². The Morgan fingerprint density at radius 3 is 2.43 bits per heavy atom. The van der Waals surface area contributed by atoms with Crippen LogP contribution in [0.5, 0.6) is 0 Å². The Bertz CT molecular complexity index is 930. The molecule has 2 aromatic carbocycles. The van der Waals surface area contributed by atoms with Crippen LogP contribution in [0.2, 0.25) is 0 Å². The van der Waals surface area contributed by atoms with Crippen molar-refractivity contribution in [3.05, 3.63) is 71.7 Å². The van der Waals surface area contributed by atoms with E-state index >= 15 is 0 Å². The van der Waals surface area contributed by atoms with E-state index in [-0.39, 0.29) is 11.7 Å². The average Bonchev–Trinajstić information content (AvgIpc) is 3.06. The highest BCUT2D eigenvalue weighted by atomic mass is 19.1. The summed E-state index contributed by atoms with van der Waals surface area (Å²) in [5, 5.41) is 7.43. The minimum atomic E-state index is -0.278. The van der Waals surface area contributed by atoms with Crippen molar-refractivity contribution in [1.82, 2.24) is 15.1 Å². The molecule has 3 aromatic rings. The molecule has 0 aliphatic carbocycles. The van der Waals surface area contributed by atoms with Gasteiger partial charge in [-0.3, -0.25) is 9.48 Å². The normalized spacial score (nSPS) is 10.7. The van der Waals surface area contributed by atoms with Crippen LogP contribution < -0.4 is 10.2 Å². The summed E-state index contributed by atoms with van der Waals surface area (Å²) in [4.78, 5) is 14.3. The first-order valence-corrected chi connectivity index (χ1v) is 9.24. The maximum atomic E-state index is 13.2. The molecule has 0 saturated carbocycles. The lowest BCUT2D eigenvalue weighted by atomic mass is 10.0. The zero-order chi connectivity index (χ0) is 20.1. The maximum Gasteiger partial charge on any atom is 0.220 e. The first-order chi connectivity index (χ1) is 13.4. The molecular formula is C22H25FN4O. The van der Waals surface area contributed by atoms with Gasteiger partial charge in [0, 0.05) is 51.6 Å². The predicted octanol–water partition coefficient (Wildman–Crippen LogP) is 3.54. The maximum absolute atomic E-state index is 13.2. The van der Waals surface area contributed by atoms with Gasteiger partial charge in [-0.15, -0.1) is 0 Å². The van der Waals surface area contributed by atoms with Gasteiger partial charge in [-0.2, -0.15) is 5.10 Å². The predicted molar refractivity (Wildman–Crippen MR) is 110 cm³/mol. The lowest BCUT2D eigenvalue weighted by Crippen LogP contribution is -2.23. The van der Waals surface area contributed by atoms with Crippen LogP contribution in [-0.2, 0) is 24.8 Å². The molecule has 5 nitrogen and oxygen atoms in total. The van der Waals surface area contributed by atoms with Crippen LogP contribution in [0.3, 0.4) is 0 Å². The molecule has 0 unspecified atom stereocenters. The van der Waals surface area contributed by atoms with Gasteiger partial charge in [0.05, 0.1) is 5.69 Å². The molecule has 6 heteroatoms. The lowest BCUT2D eigenvalue weighted by molar-refractivity contribution is -0.121. The number of nitrogens with zero attached hydrogens (tertiary/aromatic N) is 3. The highest BCUT2D eigenvalue weighted by molar-refractivity contribution is 5.76. The summed E-state index contributed by atoms with van der Waals surface area (Å²) in [7, 11) is 5.83. The molecule has 0 saturated heterocycles. The zero-order valence-corrected chi connectivity index (χ0v) is 16.4. The van der Waals surface area contributed by atoms with Crippen molar-refractivity contribution in [2.75, 3.05) is 19.0 Å². The van der Waals surface area contributed by atoms with Gasteiger partial charge in [-0.05, 0) is 53.9 Å². The Balaban J connectivity index is 1.57. The van der Waals surface area contributed by atoms with E-state index in [2.05, 4.69) is 10.4 Å². The van der Waals surface area contributed by atoms with E-state index in [1.165, 1.54) is 12.1 Å². The molecule has 0 spiro atoms. The Kier molecular flexibility index (Phi) is 6.09. The van der Waals surface area contributed by atoms with Crippen molar-refractivity contribution < 1.29 is 9.18 Å². The highest BCUT2D eigenvalue weighted by Gasteiger charge is 2.12. The summed E-state index contributed by atoms with van der Waals surface area (Å²) < 4.78 is 14.9. The summed E-state index contributed by atoms with van der Waals surface area (Å²) in [6.45, 7) is 0.504. The van der Waals surface area contributed by atoms with Crippen LogP contribution in [0.4, 0.5) is 10.1 Å². The van der Waals surface area contributed by atoms with Gasteiger partial charge in [0.15, 0.2) is 0 Å². The molecule has 0 aliphatic heterocycles. The number of carbonyl (C=O) groups excluding carboxylic acids is 1. The van der Waals surface area contributed by atoms with Crippen LogP contribution in [-0.4, -0.2) is 29.8 Å². The van der Waals surface area contributed by atoms with Gasteiger partial charge < -0.3 is 10.2 Å². The minimum Gasteiger partial charge on any atom is -0.378 e. The first-order valence-electron chi connectivity index (χ1n) is 9.24. The van der Waals surface area contributed by atoms with E-state index in [1.807, 2.05) is 56.5 Å². The smallest absolute Gasteiger partial charge is 0.220 e. The molecule has 3 rings (SSSR count). The molecule has 1 N–H and O–H groups in total. The Hall–Kier alpha value is -3.15. The molecule has 0 bridgehead atoms. The monoisotopic (exact) mass is 380 g/mol. The number of aromatic nitrogens is 2. The van der Waals surface area contributed by atoms with Crippen molar-refractivity contribution in [3.8, 4) is 11.3 Å². The van der Waals surface area contributed by atoms with Gasteiger partial charge in [-0.1, -0.05) is 12.1 Å². The van der Waals surface area contributed by atoms with Crippen molar-refractivity contribution in [3.63, 3.8) is 0 Å². The molecule has 28 heavy (non-hydrogen) atoms. The number of aryl methyl sites for hydroxylation is 2. The topological polar surface area (TPSA) is 50.2 Å². The van der Waals surface area contributed by atoms with Crippen molar-refractivity contribution >= 4 is 11.6 Å². The fourth-order valence-corrected chi connectivity index (χ4v) is 3.02. The summed E-state index contributed by atoms with van der Waals surface area (Å²) in [6.07, 6.45) is 2.85. The average molecular weight is 380 g/mol. The Morgan fingerprint density at radius 2 is 1.79 bits per heavy atom. The van der Waals surface area contributed by atoms with Crippen LogP contribution in [0, 0.1) is 5.82 Å². The van der Waals surface area contributed by atoms with Gasteiger partial charge in [0.2, 0.25) is 5.91 Å². The fraction of sp³-hybridized carbons (Fsp3) is 0.273. The molecule has 146 valence electrons. The standard InChI is InChI=1S/C22H25FN4O/c1-26(2)20-11-4-16(5-12-20)14-24-21(28)13-8-18-15-27(3)25-22(18)17-6-9-19(23)10-7-17/h4-7,9-12,15H,8,13-14H2,1-3H3,(H,24,28). The molecule has 0 aliphatic rings. The largest absolute Gasteiger partial charge is 0.378 e. The second-order valence-corrected chi connectivity index (χ2v) is 7.02. The van der Waals surface area contributed by atoms with E-state index < -0.39 is 0 Å². The number of hydrogen-bond acceptors (Lipinski definition) is 3. The number of hydrogen-bond donors (Lipinski definition) is 1. The van der Waals surface area contributed by atoms with Crippen LogP contribution in [0.1, 0.15) is 17.5 Å².